The summed E-state index contributed by atoms with van der Waals surface area (Å²) in [4.78, 5) is 8.45. The largest absolute Gasteiger partial charge is 0.360 e. The summed E-state index contributed by atoms with van der Waals surface area (Å²) in [7, 11) is -3.73. The molecule has 0 spiro atoms. The van der Waals surface area contributed by atoms with Gasteiger partial charge in [0.2, 0.25) is 0 Å². The summed E-state index contributed by atoms with van der Waals surface area (Å²) in [5.41, 5.74) is 2.31. The number of anilines is 2. The molecule has 0 saturated heterocycles. The molecule has 11 heteroatoms. The van der Waals surface area contributed by atoms with E-state index in [0.29, 0.717) is 22.0 Å². The lowest BCUT2D eigenvalue weighted by Crippen LogP contribution is -2.12. The molecule has 0 fully saturated rings. The second-order valence-electron chi connectivity index (χ2n) is 6.33. The van der Waals surface area contributed by atoms with Crippen LogP contribution in [0.4, 0.5) is 15.2 Å². The highest BCUT2D eigenvalue weighted by Gasteiger charge is 2.15. The molecule has 0 unspecified atom stereocenters. The Morgan fingerprint density at radius 1 is 1.09 bits per heavy atom. The standard InChI is InChI=1S/C21H14FN5O2S3/c22-16-3-1-14(2-4-16)19-13-31-20(26-19)15(11-23)12-25-17-5-7-18(8-6-17)32(28,29)27-21-24-9-10-30-21/h1-10,12-13,25H,(H,24,27). The minimum absolute atomic E-state index is 0.0894. The predicted molar refractivity (Wildman–Crippen MR) is 124 cm³/mol. The monoisotopic (exact) mass is 483 g/mol. The van der Waals surface area contributed by atoms with E-state index in [2.05, 4.69) is 26.1 Å². The molecule has 2 heterocycles. The third-order valence-electron chi connectivity index (χ3n) is 4.20. The van der Waals surface area contributed by atoms with Crippen molar-refractivity contribution in [1.82, 2.24) is 9.97 Å². The van der Waals surface area contributed by atoms with Gasteiger partial charge in [-0.2, -0.15) is 5.26 Å². The van der Waals surface area contributed by atoms with Crippen LogP contribution in [0.1, 0.15) is 5.01 Å². The quantitative estimate of drug-likeness (QED) is 0.351. The van der Waals surface area contributed by atoms with Crippen molar-refractivity contribution in [2.24, 2.45) is 0 Å². The highest BCUT2D eigenvalue weighted by molar-refractivity contribution is 7.93. The maximum absolute atomic E-state index is 13.1. The minimum Gasteiger partial charge on any atom is -0.360 e. The summed E-state index contributed by atoms with van der Waals surface area (Å²) in [6.45, 7) is 0. The van der Waals surface area contributed by atoms with Crippen molar-refractivity contribution in [1.29, 1.82) is 5.26 Å². The molecule has 0 aliphatic heterocycles. The highest BCUT2D eigenvalue weighted by Crippen LogP contribution is 2.26. The van der Waals surface area contributed by atoms with E-state index < -0.39 is 10.0 Å². The van der Waals surface area contributed by atoms with Gasteiger partial charge in [-0.3, -0.25) is 4.72 Å². The van der Waals surface area contributed by atoms with Crippen molar-refractivity contribution >= 4 is 49.1 Å². The Labute approximate surface area is 191 Å². The molecule has 0 aliphatic carbocycles. The number of nitrogens with zero attached hydrogens (tertiary/aromatic N) is 3. The van der Waals surface area contributed by atoms with Gasteiger partial charge >= 0.3 is 0 Å². The Morgan fingerprint density at radius 2 is 1.84 bits per heavy atom. The number of thiazole rings is 2. The van der Waals surface area contributed by atoms with Crippen LogP contribution in [0.15, 0.2) is 76.6 Å². The lowest BCUT2D eigenvalue weighted by atomic mass is 10.2. The smallest absolute Gasteiger partial charge is 0.263 e. The number of sulfonamides is 1. The predicted octanol–water partition coefficient (Wildman–Crippen LogP) is 5.18. The second kappa shape index (κ2) is 9.27. The maximum atomic E-state index is 13.1. The van der Waals surface area contributed by atoms with Gasteiger partial charge in [0.05, 0.1) is 10.6 Å². The number of hydrogen-bond acceptors (Lipinski definition) is 8. The van der Waals surface area contributed by atoms with Crippen molar-refractivity contribution in [2.45, 2.75) is 4.90 Å². The van der Waals surface area contributed by atoms with Gasteiger partial charge in [0.1, 0.15) is 22.5 Å². The molecule has 0 saturated carbocycles. The number of aromatic nitrogens is 2. The number of nitrogens with one attached hydrogen (secondary N) is 2. The topological polar surface area (TPSA) is 108 Å². The van der Waals surface area contributed by atoms with Crippen molar-refractivity contribution in [3.63, 3.8) is 0 Å². The zero-order chi connectivity index (χ0) is 22.6. The van der Waals surface area contributed by atoms with Gasteiger partial charge < -0.3 is 5.32 Å². The molecular formula is C21H14FN5O2S3. The van der Waals surface area contributed by atoms with E-state index in [1.165, 1.54) is 59.3 Å². The van der Waals surface area contributed by atoms with E-state index in [4.69, 9.17) is 0 Å². The first-order valence-electron chi connectivity index (χ1n) is 9.05. The van der Waals surface area contributed by atoms with E-state index >= 15 is 0 Å². The number of benzene rings is 2. The van der Waals surface area contributed by atoms with Crippen molar-refractivity contribution < 1.29 is 12.8 Å². The summed E-state index contributed by atoms with van der Waals surface area (Å²) in [6.07, 6.45) is 3.02. The van der Waals surface area contributed by atoms with Crippen LogP contribution in [0.25, 0.3) is 16.8 Å². The summed E-state index contributed by atoms with van der Waals surface area (Å²) in [5.74, 6) is -0.330. The van der Waals surface area contributed by atoms with Crippen molar-refractivity contribution in [2.75, 3.05) is 10.0 Å². The molecule has 4 aromatic rings. The first-order valence-corrected chi connectivity index (χ1v) is 12.3. The fourth-order valence-corrected chi connectivity index (χ4v) is 5.21. The van der Waals surface area contributed by atoms with Crippen LogP contribution in [0.3, 0.4) is 0 Å². The molecule has 32 heavy (non-hydrogen) atoms. The Bertz CT molecular complexity index is 1390. The van der Waals surface area contributed by atoms with Crippen LogP contribution in [0.5, 0.6) is 0 Å². The summed E-state index contributed by atoms with van der Waals surface area (Å²) < 4.78 is 40.3. The fraction of sp³-hybridized carbons (Fsp3) is 0. The average Bonchev–Trinajstić information content (AvgIpc) is 3.47. The number of halogens is 1. The van der Waals surface area contributed by atoms with Gasteiger partial charge in [-0.15, -0.1) is 22.7 Å². The van der Waals surface area contributed by atoms with Gasteiger partial charge in [-0.25, -0.2) is 22.8 Å². The van der Waals surface area contributed by atoms with Gasteiger partial charge in [0.15, 0.2) is 5.13 Å². The van der Waals surface area contributed by atoms with Crippen LogP contribution in [0, 0.1) is 17.1 Å². The zero-order valence-corrected chi connectivity index (χ0v) is 18.6. The molecule has 160 valence electrons. The van der Waals surface area contributed by atoms with Crippen molar-refractivity contribution in [3.05, 3.63) is 82.5 Å². The third kappa shape index (κ3) is 5.00. The molecule has 0 radical (unpaired) electrons. The molecule has 4 rings (SSSR count). The van der Waals surface area contributed by atoms with E-state index in [0.717, 1.165) is 5.56 Å². The Kier molecular flexibility index (Phi) is 6.27. The number of rotatable bonds is 7. The Balaban J connectivity index is 1.47. The SMILES string of the molecule is N#CC(=CNc1ccc(S(=O)(=O)Nc2nccs2)cc1)c1nc(-c2ccc(F)cc2)cs1. The van der Waals surface area contributed by atoms with Gasteiger partial charge in [0, 0.05) is 34.4 Å². The molecule has 2 aromatic carbocycles. The molecular weight excluding hydrogens is 469 g/mol. The van der Waals surface area contributed by atoms with Gasteiger partial charge in [0.25, 0.3) is 10.0 Å². The second-order valence-corrected chi connectivity index (χ2v) is 9.76. The van der Waals surface area contributed by atoms with Crippen molar-refractivity contribution in [3.8, 4) is 17.3 Å². The number of hydrogen-bond donors (Lipinski definition) is 2. The molecule has 2 N–H and O–H groups in total. The molecule has 7 nitrogen and oxygen atoms in total. The van der Waals surface area contributed by atoms with Crippen LogP contribution in [-0.2, 0) is 10.0 Å². The number of nitriles is 1. The highest BCUT2D eigenvalue weighted by atomic mass is 32.2. The first-order chi connectivity index (χ1) is 15.4. The van der Waals surface area contributed by atoms with E-state index in [9.17, 15) is 18.1 Å². The van der Waals surface area contributed by atoms with Crippen LogP contribution >= 0.6 is 22.7 Å². The van der Waals surface area contributed by atoms with E-state index in [1.54, 1.807) is 35.0 Å². The Morgan fingerprint density at radius 3 is 2.50 bits per heavy atom. The fourth-order valence-electron chi connectivity index (χ4n) is 2.63. The summed E-state index contributed by atoms with van der Waals surface area (Å²) >= 11 is 2.48. The first kappa shape index (κ1) is 21.6. The van der Waals surface area contributed by atoms with Crippen LogP contribution in [-0.4, -0.2) is 18.4 Å². The zero-order valence-electron chi connectivity index (χ0n) is 16.2. The van der Waals surface area contributed by atoms with E-state index in [-0.39, 0.29) is 15.8 Å². The molecule has 0 amide bonds. The minimum atomic E-state index is -3.73. The molecule has 2 aromatic heterocycles. The normalized spacial score (nSPS) is 11.7. The maximum Gasteiger partial charge on any atom is 0.263 e. The molecule has 0 atom stereocenters. The molecule has 0 bridgehead atoms. The lowest BCUT2D eigenvalue weighted by Gasteiger charge is -2.06. The van der Waals surface area contributed by atoms with Crippen LogP contribution in [0.2, 0.25) is 0 Å². The number of allylic oxidation sites excluding steroid dienone is 1. The third-order valence-corrected chi connectivity index (χ3v) is 7.24. The van der Waals surface area contributed by atoms with Gasteiger partial charge in [-0.1, -0.05) is 0 Å². The average molecular weight is 484 g/mol. The molecule has 0 aliphatic rings. The van der Waals surface area contributed by atoms with Gasteiger partial charge in [-0.05, 0) is 48.5 Å². The Hall–Kier alpha value is -3.59. The summed E-state index contributed by atoms with van der Waals surface area (Å²) in [6, 6.07) is 14.1. The lowest BCUT2D eigenvalue weighted by molar-refractivity contribution is 0.601. The van der Waals surface area contributed by atoms with E-state index in [1.807, 2.05) is 0 Å². The summed E-state index contributed by atoms with van der Waals surface area (Å²) in [5, 5.41) is 16.8. The van der Waals surface area contributed by atoms with Crippen LogP contribution < -0.4 is 10.0 Å².